The summed E-state index contributed by atoms with van der Waals surface area (Å²) < 4.78 is 9.16. The van der Waals surface area contributed by atoms with Gasteiger partial charge in [-0.05, 0) is 5.16 Å². The summed E-state index contributed by atoms with van der Waals surface area (Å²) >= 11 is 0. The summed E-state index contributed by atoms with van der Waals surface area (Å²) in [6.45, 7) is -0.152. The van der Waals surface area contributed by atoms with Gasteiger partial charge in [-0.2, -0.15) is 0 Å². The topological polar surface area (TPSA) is 55.5 Å². The van der Waals surface area contributed by atoms with Crippen LogP contribution in [0.2, 0.25) is 0 Å². The van der Waals surface area contributed by atoms with E-state index in [0.29, 0.717) is 11.6 Å². The number of aliphatic hydroxyl groups is 1. The van der Waals surface area contributed by atoms with Crippen LogP contribution in [0.3, 0.4) is 0 Å². The average molecular weight is 147 g/mol. The number of aromatic nitrogens is 1. The van der Waals surface area contributed by atoms with E-state index in [4.69, 9.17) is 5.11 Å². The lowest BCUT2D eigenvalue weighted by Gasteiger charge is -1.83. The van der Waals surface area contributed by atoms with Crippen molar-refractivity contribution in [3.8, 4) is 5.88 Å². The van der Waals surface area contributed by atoms with Crippen molar-refractivity contribution in [1.82, 2.24) is 5.16 Å². The van der Waals surface area contributed by atoms with Gasteiger partial charge >= 0.3 is 0 Å². The molecule has 1 unspecified atom stereocenters. The molecule has 0 spiro atoms. The molecule has 1 aromatic rings. The van der Waals surface area contributed by atoms with Crippen molar-refractivity contribution in [2.45, 2.75) is 6.61 Å². The maximum absolute atomic E-state index is 8.45. The fraction of sp³-hybridized carbons (Fsp3) is 0.250. The van der Waals surface area contributed by atoms with Crippen LogP contribution >= 0.6 is 9.47 Å². The van der Waals surface area contributed by atoms with Crippen LogP contribution in [0.15, 0.2) is 10.6 Å². The third-order valence-electron chi connectivity index (χ3n) is 0.814. The van der Waals surface area contributed by atoms with E-state index in [1.807, 2.05) is 9.47 Å². The Hall–Kier alpha value is -0.600. The van der Waals surface area contributed by atoms with Gasteiger partial charge in [-0.15, -0.1) is 0 Å². The smallest absolute Gasteiger partial charge is 0.256 e. The first-order valence-corrected chi connectivity index (χ1v) is 2.77. The second kappa shape index (κ2) is 2.80. The fourth-order valence-corrected chi connectivity index (χ4v) is 0.535. The van der Waals surface area contributed by atoms with E-state index in [9.17, 15) is 0 Å². The Balaban J connectivity index is 2.74. The normalized spacial score (nSPS) is 9.56. The Morgan fingerprint density at radius 1 is 1.89 bits per heavy atom. The molecule has 0 bridgehead atoms. The van der Waals surface area contributed by atoms with E-state index in [-0.39, 0.29) is 6.61 Å². The Bertz CT molecular complexity index is 169. The lowest BCUT2D eigenvalue weighted by atomic mass is 10.5. The summed E-state index contributed by atoms with van der Waals surface area (Å²) in [5.41, 5.74) is 0. The zero-order valence-corrected chi connectivity index (χ0v) is 5.73. The molecule has 0 saturated heterocycles. The number of hydrogen-bond acceptors (Lipinski definition) is 4. The van der Waals surface area contributed by atoms with Gasteiger partial charge in [0.05, 0.1) is 9.47 Å². The van der Waals surface area contributed by atoms with Crippen molar-refractivity contribution in [2.75, 3.05) is 0 Å². The van der Waals surface area contributed by atoms with Crippen molar-refractivity contribution in [3.05, 3.63) is 11.8 Å². The third-order valence-corrected chi connectivity index (χ3v) is 1.06. The summed E-state index contributed by atoms with van der Waals surface area (Å²) in [6, 6.07) is 1.51. The molecule has 1 heterocycles. The van der Waals surface area contributed by atoms with E-state index in [1.165, 1.54) is 6.07 Å². The van der Waals surface area contributed by atoms with Gasteiger partial charge in [0.25, 0.3) is 5.88 Å². The van der Waals surface area contributed by atoms with E-state index in [0.717, 1.165) is 0 Å². The fourth-order valence-electron chi connectivity index (χ4n) is 0.424. The molecule has 0 amide bonds. The van der Waals surface area contributed by atoms with Gasteiger partial charge < -0.3 is 14.2 Å². The Morgan fingerprint density at radius 3 is 3.00 bits per heavy atom. The molecule has 1 aromatic heterocycles. The van der Waals surface area contributed by atoms with Crippen LogP contribution in [-0.4, -0.2) is 10.3 Å². The van der Waals surface area contributed by atoms with E-state index in [1.54, 1.807) is 0 Å². The molecule has 9 heavy (non-hydrogen) atoms. The number of rotatable bonds is 2. The first-order valence-electron chi connectivity index (χ1n) is 2.30. The summed E-state index contributed by atoms with van der Waals surface area (Å²) in [7, 11) is 2.02. The van der Waals surface area contributed by atoms with Crippen molar-refractivity contribution in [3.63, 3.8) is 0 Å². The molecule has 0 fully saturated rings. The summed E-state index contributed by atoms with van der Waals surface area (Å²) in [6.07, 6.45) is 0. The Kier molecular flexibility index (Phi) is 2.03. The lowest BCUT2D eigenvalue weighted by molar-refractivity contribution is 0.228. The summed E-state index contributed by atoms with van der Waals surface area (Å²) in [5.74, 6) is 0.747. The maximum Gasteiger partial charge on any atom is 0.256 e. The molecule has 1 N–H and O–H groups in total. The van der Waals surface area contributed by atoms with E-state index in [2.05, 4.69) is 14.2 Å². The minimum atomic E-state index is -0.152. The molecule has 4 nitrogen and oxygen atoms in total. The van der Waals surface area contributed by atoms with Crippen LogP contribution < -0.4 is 4.52 Å². The lowest BCUT2D eigenvalue weighted by Crippen LogP contribution is -1.73. The average Bonchev–Trinajstić information content (AvgIpc) is 2.34. The highest BCUT2D eigenvalue weighted by atomic mass is 31.0. The standard InChI is InChI=1S/C4H6NO3P/c6-2-3-1-4(8-9)5-7-3/h1,6H,2,9H2. The highest BCUT2D eigenvalue weighted by Crippen LogP contribution is 2.12. The predicted molar refractivity (Wildman–Crippen MR) is 32.8 cm³/mol. The summed E-state index contributed by atoms with van der Waals surface area (Å²) in [5, 5.41) is 11.9. The Morgan fingerprint density at radius 2 is 2.67 bits per heavy atom. The van der Waals surface area contributed by atoms with E-state index >= 15 is 0 Å². The zero-order valence-electron chi connectivity index (χ0n) is 4.57. The van der Waals surface area contributed by atoms with Crippen molar-refractivity contribution in [1.29, 1.82) is 0 Å². The Labute approximate surface area is 54.1 Å². The molecular formula is C4H6NO3P. The van der Waals surface area contributed by atoms with Crippen LogP contribution in [0.4, 0.5) is 0 Å². The molecule has 0 aromatic carbocycles. The second-order valence-electron chi connectivity index (χ2n) is 1.41. The quantitative estimate of drug-likeness (QED) is 0.612. The number of hydrogen-bond donors (Lipinski definition) is 1. The van der Waals surface area contributed by atoms with Gasteiger partial charge in [0.15, 0.2) is 5.76 Å². The van der Waals surface area contributed by atoms with Gasteiger partial charge in [0, 0.05) is 6.07 Å². The van der Waals surface area contributed by atoms with Crippen LogP contribution in [0.5, 0.6) is 5.88 Å². The molecule has 0 aliphatic rings. The number of aliphatic hydroxyl groups excluding tert-OH is 1. The summed E-state index contributed by atoms with van der Waals surface area (Å²) in [4.78, 5) is 0. The molecule has 1 rings (SSSR count). The second-order valence-corrected chi connectivity index (χ2v) is 1.64. The van der Waals surface area contributed by atoms with Crippen LogP contribution in [0.25, 0.3) is 0 Å². The SMILES string of the molecule is OCc1cc(OP)no1. The van der Waals surface area contributed by atoms with Gasteiger partial charge in [-0.1, -0.05) is 0 Å². The van der Waals surface area contributed by atoms with Crippen LogP contribution in [0, 0.1) is 0 Å². The molecule has 0 aliphatic carbocycles. The first kappa shape index (κ1) is 6.52. The molecule has 0 saturated carbocycles. The minimum Gasteiger partial charge on any atom is -0.461 e. The van der Waals surface area contributed by atoms with Crippen LogP contribution in [-0.2, 0) is 6.61 Å². The first-order chi connectivity index (χ1) is 4.36. The molecular weight excluding hydrogens is 141 g/mol. The van der Waals surface area contributed by atoms with Gasteiger partial charge in [0.2, 0.25) is 0 Å². The monoisotopic (exact) mass is 147 g/mol. The molecule has 0 radical (unpaired) electrons. The highest BCUT2D eigenvalue weighted by Gasteiger charge is 1.99. The van der Waals surface area contributed by atoms with Gasteiger partial charge in [-0.25, -0.2) is 0 Å². The highest BCUT2D eigenvalue weighted by molar-refractivity contribution is 7.10. The van der Waals surface area contributed by atoms with Gasteiger partial charge in [0.1, 0.15) is 6.61 Å². The zero-order chi connectivity index (χ0) is 6.69. The van der Waals surface area contributed by atoms with Crippen molar-refractivity contribution in [2.24, 2.45) is 0 Å². The number of nitrogens with zero attached hydrogens (tertiary/aromatic N) is 1. The predicted octanol–water partition coefficient (Wildman–Crippen LogP) is 0.336. The molecule has 0 aliphatic heterocycles. The van der Waals surface area contributed by atoms with Crippen molar-refractivity contribution >= 4 is 9.47 Å². The molecule has 5 heteroatoms. The third kappa shape index (κ3) is 1.40. The molecule has 1 atom stereocenters. The van der Waals surface area contributed by atoms with Crippen molar-refractivity contribution < 1.29 is 14.2 Å². The van der Waals surface area contributed by atoms with Crippen LogP contribution in [0.1, 0.15) is 5.76 Å². The maximum atomic E-state index is 8.45. The largest absolute Gasteiger partial charge is 0.461 e. The van der Waals surface area contributed by atoms with Gasteiger partial charge in [-0.3, -0.25) is 0 Å². The van der Waals surface area contributed by atoms with E-state index < -0.39 is 0 Å². The minimum absolute atomic E-state index is 0.152. The molecule has 50 valence electrons.